The fourth-order valence-electron chi connectivity index (χ4n) is 4.05. The van der Waals surface area contributed by atoms with Crippen molar-refractivity contribution in [3.8, 4) is 0 Å². The smallest absolute Gasteiger partial charge is 0.248 e. The molecule has 0 spiro atoms. The van der Waals surface area contributed by atoms with E-state index in [4.69, 9.17) is 4.74 Å². The molecule has 3 rings (SSSR count). The van der Waals surface area contributed by atoms with Crippen LogP contribution in [0.3, 0.4) is 0 Å². The highest BCUT2D eigenvalue weighted by molar-refractivity contribution is 5.86. The average molecular weight is 309 g/mol. The molecular formula is C16H27N3O3. The lowest BCUT2D eigenvalue weighted by Gasteiger charge is -2.38. The standard InChI is InChI=1S/C16H27N3O3/c1-18-11-13(22-12-14(18)20)10-17-15(21)16(6-2-3-7-16)19-8-4-5-9-19/h13H,2-12H2,1H3,(H,17,21)/t13-/m0/s1. The molecule has 0 aromatic heterocycles. The highest BCUT2D eigenvalue weighted by Gasteiger charge is 2.46. The van der Waals surface area contributed by atoms with Crippen molar-refractivity contribution < 1.29 is 14.3 Å². The third-order valence-electron chi connectivity index (χ3n) is 5.40. The molecule has 2 saturated heterocycles. The first-order chi connectivity index (χ1) is 10.6. The van der Waals surface area contributed by atoms with Gasteiger partial charge in [-0.1, -0.05) is 12.8 Å². The summed E-state index contributed by atoms with van der Waals surface area (Å²) in [5, 5.41) is 3.10. The van der Waals surface area contributed by atoms with Gasteiger partial charge in [0.25, 0.3) is 0 Å². The Morgan fingerprint density at radius 2 is 1.95 bits per heavy atom. The first-order valence-corrected chi connectivity index (χ1v) is 8.51. The molecule has 0 bridgehead atoms. The molecule has 0 unspecified atom stereocenters. The number of hydrogen-bond acceptors (Lipinski definition) is 4. The number of carbonyl (C=O) groups is 2. The lowest BCUT2D eigenvalue weighted by molar-refractivity contribution is -0.147. The van der Waals surface area contributed by atoms with Crippen molar-refractivity contribution in [1.29, 1.82) is 0 Å². The lowest BCUT2D eigenvalue weighted by atomic mass is 9.94. The molecule has 6 heteroatoms. The fourth-order valence-corrected chi connectivity index (χ4v) is 4.05. The van der Waals surface area contributed by atoms with Gasteiger partial charge in [-0.2, -0.15) is 0 Å². The molecular weight excluding hydrogens is 282 g/mol. The number of carbonyl (C=O) groups excluding carboxylic acids is 2. The van der Waals surface area contributed by atoms with Crippen LogP contribution >= 0.6 is 0 Å². The number of rotatable bonds is 4. The van der Waals surface area contributed by atoms with E-state index in [0.29, 0.717) is 13.1 Å². The molecule has 3 aliphatic rings. The number of morpholine rings is 1. The van der Waals surface area contributed by atoms with Crippen LogP contribution in [0, 0.1) is 0 Å². The molecule has 2 aliphatic heterocycles. The molecule has 22 heavy (non-hydrogen) atoms. The van der Waals surface area contributed by atoms with Gasteiger partial charge in [-0.15, -0.1) is 0 Å². The summed E-state index contributed by atoms with van der Waals surface area (Å²) in [5.74, 6) is 0.168. The summed E-state index contributed by atoms with van der Waals surface area (Å²) in [4.78, 5) is 28.3. The van der Waals surface area contributed by atoms with E-state index in [0.717, 1.165) is 38.8 Å². The van der Waals surface area contributed by atoms with Crippen molar-refractivity contribution in [3.05, 3.63) is 0 Å². The molecule has 2 amide bonds. The summed E-state index contributed by atoms with van der Waals surface area (Å²) in [6.07, 6.45) is 6.54. The molecule has 1 saturated carbocycles. The lowest BCUT2D eigenvalue weighted by Crippen LogP contribution is -2.58. The summed E-state index contributed by atoms with van der Waals surface area (Å²) in [6.45, 7) is 3.26. The van der Waals surface area contributed by atoms with Crippen molar-refractivity contribution >= 4 is 11.8 Å². The largest absolute Gasteiger partial charge is 0.365 e. The van der Waals surface area contributed by atoms with Gasteiger partial charge in [0.1, 0.15) is 12.1 Å². The minimum Gasteiger partial charge on any atom is -0.365 e. The van der Waals surface area contributed by atoms with Crippen molar-refractivity contribution in [2.24, 2.45) is 0 Å². The molecule has 0 radical (unpaired) electrons. The number of ether oxygens (including phenoxy) is 1. The third kappa shape index (κ3) is 2.99. The molecule has 1 atom stereocenters. The molecule has 124 valence electrons. The summed E-state index contributed by atoms with van der Waals surface area (Å²) < 4.78 is 5.51. The number of likely N-dealkylation sites (N-methyl/N-ethyl adjacent to an activating group) is 1. The Balaban J connectivity index is 1.57. The Morgan fingerprint density at radius 3 is 2.59 bits per heavy atom. The topological polar surface area (TPSA) is 61.9 Å². The Kier molecular flexibility index (Phi) is 4.68. The molecule has 1 N–H and O–H groups in total. The van der Waals surface area contributed by atoms with Crippen LogP contribution in [-0.2, 0) is 14.3 Å². The monoisotopic (exact) mass is 309 g/mol. The zero-order valence-corrected chi connectivity index (χ0v) is 13.5. The Bertz CT molecular complexity index is 428. The second-order valence-electron chi connectivity index (χ2n) is 6.85. The van der Waals surface area contributed by atoms with Crippen molar-refractivity contribution in [2.45, 2.75) is 50.2 Å². The molecule has 1 aliphatic carbocycles. The third-order valence-corrected chi connectivity index (χ3v) is 5.40. The minimum atomic E-state index is -0.285. The van der Waals surface area contributed by atoms with E-state index in [-0.39, 0.29) is 30.1 Å². The Morgan fingerprint density at radius 1 is 1.27 bits per heavy atom. The normalized spacial score (nSPS) is 29.0. The number of amides is 2. The molecule has 6 nitrogen and oxygen atoms in total. The van der Waals surface area contributed by atoms with E-state index in [1.165, 1.54) is 12.8 Å². The second kappa shape index (κ2) is 6.54. The average Bonchev–Trinajstić information content (AvgIpc) is 3.19. The van der Waals surface area contributed by atoms with E-state index < -0.39 is 0 Å². The highest BCUT2D eigenvalue weighted by atomic mass is 16.5. The Labute approximate surface area is 132 Å². The predicted molar refractivity (Wildman–Crippen MR) is 82.4 cm³/mol. The van der Waals surface area contributed by atoms with Gasteiger partial charge in [-0.05, 0) is 38.8 Å². The van der Waals surface area contributed by atoms with Gasteiger partial charge in [-0.25, -0.2) is 0 Å². The van der Waals surface area contributed by atoms with E-state index in [1.54, 1.807) is 11.9 Å². The van der Waals surface area contributed by atoms with Crippen LogP contribution in [0.15, 0.2) is 0 Å². The van der Waals surface area contributed by atoms with Crippen LogP contribution in [0.25, 0.3) is 0 Å². The zero-order valence-electron chi connectivity index (χ0n) is 13.5. The van der Waals surface area contributed by atoms with Gasteiger partial charge in [-0.3, -0.25) is 14.5 Å². The van der Waals surface area contributed by atoms with E-state index >= 15 is 0 Å². The van der Waals surface area contributed by atoms with Gasteiger partial charge in [0, 0.05) is 20.1 Å². The van der Waals surface area contributed by atoms with Crippen LogP contribution in [0.2, 0.25) is 0 Å². The predicted octanol–water partition coefficient (Wildman–Crippen LogP) is 0.368. The SMILES string of the molecule is CN1C[C@H](CNC(=O)C2(N3CCCC3)CCCC2)OCC1=O. The van der Waals surface area contributed by atoms with Gasteiger partial charge >= 0.3 is 0 Å². The van der Waals surface area contributed by atoms with Crippen LogP contribution in [0.1, 0.15) is 38.5 Å². The van der Waals surface area contributed by atoms with Crippen LogP contribution in [0.4, 0.5) is 0 Å². The zero-order chi connectivity index (χ0) is 15.6. The summed E-state index contributed by atoms with van der Waals surface area (Å²) in [5.41, 5.74) is -0.285. The van der Waals surface area contributed by atoms with Gasteiger partial charge in [0.15, 0.2) is 0 Å². The summed E-state index contributed by atoms with van der Waals surface area (Å²) in [7, 11) is 1.78. The number of likely N-dealkylation sites (tertiary alicyclic amines) is 1. The van der Waals surface area contributed by atoms with E-state index in [9.17, 15) is 9.59 Å². The molecule has 0 aromatic carbocycles. The second-order valence-corrected chi connectivity index (χ2v) is 6.85. The minimum absolute atomic E-state index is 0.00639. The summed E-state index contributed by atoms with van der Waals surface area (Å²) in [6, 6.07) is 0. The van der Waals surface area contributed by atoms with E-state index in [1.807, 2.05) is 0 Å². The van der Waals surface area contributed by atoms with Crippen LogP contribution < -0.4 is 5.32 Å². The van der Waals surface area contributed by atoms with Gasteiger partial charge in [0.2, 0.25) is 11.8 Å². The van der Waals surface area contributed by atoms with Gasteiger partial charge in [0.05, 0.1) is 6.10 Å². The number of hydrogen-bond donors (Lipinski definition) is 1. The maximum atomic E-state index is 12.9. The van der Waals surface area contributed by atoms with Crippen LogP contribution in [0.5, 0.6) is 0 Å². The summed E-state index contributed by atoms with van der Waals surface area (Å²) >= 11 is 0. The highest BCUT2D eigenvalue weighted by Crippen LogP contribution is 2.37. The first-order valence-electron chi connectivity index (χ1n) is 8.51. The van der Waals surface area contributed by atoms with Gasteiger partial charge < -0.3 is 15.0 Å². The quantitative estimate of drug-likeness (QED) is 0.815. The Hall–Kier alpha value is -1.14. The van der Waals surface area contributed by atoms with Crippen molar-refractivity contribution in [1.82, 2.24) is 15.1 Å². The fraction of sp³-hybridized carbons (Fsp3) is 0.875. The molecule has 3 fully saturated rings. The number of nitrogens with one attached hydrogen (secondary N) is 1. The van der Waals surface area contributed by atoms with Crippen LogP contribution in [-0.4, -0.2) is 73.1 Å². The first kappa shape index (κ1) is 15.7. The maximum absolute atomic E-state index is 12.9. The molecule has 0 aromatic rings. The van der Waals surface area contributed by atoms with E-state index in [2.05, 4.69) is 10.2 Å². The molecule has 2 heterocycles. The van der Waals surface area contributed by atoms with Crippen molar-refractivity contribution in [2.75, 3.05) is 39.8 Å². The maximum Gasteiger partial charge on any atom is 0.248 e. The van der Waals surface area contributed by atoms with Crippen molar-refractivity contribution in [3.63, 3.8) is 0 Å². The number of nitrogens with zero attached hydrogens (tertiary/aromatic N) is 2.